The highest BCUT2D eigenvalue weighted by Crippen LogP contribution is 2.39. The number of carbonyl (C=O) groups is 1. The van der Waals surface area contributed by atoms with E-state index >= 15 is 0 Å². The van der Waals surface area contributed by atoms with Gasteiger partial charge in [-0.05, 0) is 47.0 Å². The van der Waals surface area contributed by atoms with Crippen LogP contribution in [0, 0.1) is 5.92 Å². The van der Waals surface area contributed by atoms with Crippen molar-refractivity contribution in [2.45, 2.75) is 58.0 Å². The summed E-state index contributed by atoms with van der Waals surface area (Å²) in [5.74, 6) is -0.962. The van der Waals surface area contributed by atoms with Crippen molar-refractivity contribution >= 4 is 5.97 Å². The lowest BCUT2D eigenvalue weighted by atomic mass is 9.90. The Morgan fingerprint density at radius 2 is 1.88 bits per heavy atom. The SMILES string of the molecule is CON1C(C)(C)CCC(C(=O)O)CC1(C)C. The van der Waals surface area contributed by atoms with Crippen LogP contribution in [0.25, 0.3) is 0 Å². The minimum absolute atomic E-state index is 0.123. The van der Waals surface area contributed by atoms with Crippen LogP contribution in [0.4, 0.5) is 0 Å². The number of aliphatic carboxylic acids is 1. The number of hydrogen-bond acceptors (Lipinski definition) is 3. The summed E-state index contributed by atoms with van der Waals surface area (Å²) in [6.45, 7) is 8.28. The highest BCUT2D eigenvalue weighted by atomic mass is 16.7. The first-order valence-electron chi connectivity index (χ1n) is 5.78. The monoisotopic (exact) mass is 229 g/mol. The van der Waals surface area contributed by atoms with Crippen molar-refractivity contribution in [1.82, 2.24) is 5.06 Å². The van der Waals surface area contributed by atoms with Gasteiger partial charge in [-0.3, -0.25) is 4.79 Å². The van der Waals surface area contributed by atoms with Gasteiger partial charge >= 0.3 is 5.97 Å². The number of carboxylic acid groups (broad SMARTS) is 1. The topological polar surface area (TPSA) is 49.8 Å². The summed E-state index contributed by atoms with van der Waals surface area (Å²) in [5, 5.41) is 11.1. The fraction of sp³-hybridized carbons (Fsp3) is 0.917. The third-order valence-corrected chi connectivity index (χ3v) is 3.48. The maximum Gasteiger partial charge on any atom is 0.306 e. The molecular weight excluding hydrogens is 206 g/mol. The van der Waals surface area contributed by atoms with Gasteiger partial charge < -0.3 is 9.94 Å². The molecule has 1 unspecified atom stereocenters. The summed E-state index contributed by atoms with van der Waals surface area (Å²) < 4.78 is 0. The fourth-order valence-electron chi connectivity index (χ4n) is 2.94. The molecule has 0 bridgehead atoms. The molecule has 0 spiro atoms. The highest BCUT2D eigenvalue weighted by Gasteiger charge is 2.44. The second kappa shape index (κ2) is 4.34. The summed E-state index contributed by atoms with van der Waals surface area (Å²) >= 11 is 0. The van der Waals surface area contributed by atoms with Crippen LogP contribution in [-0.2, 0) is 9.63 Å². The molecule has 0 amide bonds. The van der Waals surface area contributed by atoms with E-state index in [0.717, 1.165) is 6.42 Å². The Hall–Kier alpha value is -0.610. The second-order valence-corrected chi connectivity index (χ2v) is 5.88. The summed E-state index contributed by atoms with van der Waals surface area (Å²) in [7, 11) is 1.66. The number of carboxylic acids is 1. The van der Waals surface area contributed by atoms with Crippen LogP contribution in [0.3, 0.4) is 0 Å². The van der Waals surface area contributed by atoms with Crippen LogP contribution < -0.4 is 0 Å². The molecule has 1 saturated heterocycles. The minimum Gasteiger partial charge on any atom is -0.481 e. The van der Waals surface area contributed by atoms with Gasteiger partial charge in [-0.2, -0.15) is 5.06 Å². The van der Waals surface area contributed by atoms with Crippen LogP contribution in [0.15, 0.2) is 0 Å². The summed E-state index contributed by atoms with van der Waals surface area (Å²) in [4.78, 5) is 16.6. The smallest absolute Gasteiger partial charge is 0.306 e. The van der Waals surface area contributed by atoms with Crippen molar-refractivity contribution in [3.05, 3.63) is 0 Å². The second-order valence-electron chi connectivity index (χ2n) is 5.88. The summed E-state index contributed by atoms with van der Waals surface area (Å²) in [5.41, 5.74) is -0.375. The molecule has 94 valence electrons. The molecule has 0 saturated carbocycles. The molecule has 1 N–H and O–H groups in total. The van der Waals surface area contributed by atoms with Gasteiger partial charge in [-0.1, -0.05) is 0 Å². The van der Waals surface area contributed by atoms with Crippen molar-refractivity contribution < 1.29 is 14.7 Å². The van der Waals surface area contributed by atoms with E-state index in [2.05, 4.69) is 13.8 Å². The van der Waals surface area contributed by atoms with Crippen LogP contribution >= 0.6 is 0 Å². The molecule has 0 aliphatic carbocycles. The first-order valence-corrected chi connectivity index (χ1v) is 5.78. The van der Waals surface area contributed by atoms with E-state index in [1.54, 1.807) is 7.11 Å². The molecule has 0 aromatic heterocycles. The first-order chi connectivity index (χ1) is 7.20. The van der Waals surface area contributed by atoms with E-state index in [1.165, 1.54) is 0 Å². The Labute approximate surface area is 97.5 Å². The number of hydrogen-bond donors (Lipinski definition) is 1. The van der Waals surface area contributed by atoms with Gasteiger partial charge in [0.25, 0.3) is 0 Å². The van der Waals surface area contributed by atoms with Crippen molar-refractivity contribution in [2.75, 3.05) is 7.11 Å². The van der Waals surface area contributed by atoms with E-state index in [4.69, 9.17) is 9.94 Å². The summed E-state index contributed by atoms with van der Waals surface area (Å²) in [6, 6.07) is 0. The van der Waals surface area contributed by atoms with Crippen molar-refractivity contribution in [1.29, 1.82) is 0 Å². The van der Waals surface area contributed by atoms with Gasteiger partial charge in [0.1, 0.15) is 0 Å². The average Bonchev–Trinajstić information content (AvgIpc) is 2.19. The molecule has 1 aliphatic heterocycles. The largest absolute Gasteiger partial charge is 0.481 e. The zero-order valence-electron chi connectivity index (χ0n) is 10.9. The van der Waals surface area contributed by atoms with Gasteiger partial charge in [0.2, 0.25) is 0 Å². The van der Waals surface area contributed by atoms with Gasteiger partial charge in [0.15, 0.2) is 0 Å². The quantitative estimate of drug-likeness (QED) is 0.789. The maximum absolute atomic E-state index is 11.1. The molecular formula is C12H23NO3. The lowest BCUT2D eigenvalue weighted by Crippen LogP contribution is -2.53. The van der Waals surface area contributed by atoms with E-state index in [1.807, 2.05) is 18.9 Å². The van der Waals surface area contributed by atoms with Gasteiger partial charge in [-0.15, -0.1) is 0 Å². The number of rotatable bonds is 2. The molecule has 1 heterocycles. The molecule has 0 aromatic carbocycles. The maximum atomic E-state index is 11.1. The van der Waals surface area contributed by atoms with Crippen LogP contribution in [0.1, 0.15) is 47.0 Å². The fourth-order valence-corrected chi connectivity index (χ4v) is 2.94. The van der Waals surface area contributed by atoms with E-state index in [0.29, 0.717) is 12.8 Å². The Morgan fingerprint density at radius 1 is 1.31 bits per heavy atom. The van der Waals surface area contributed by atoms with E-state index in [9.17, 15) is 4.79 Å². The predicted molar refractivity (Wildman–Crippen MR) is 62.0 cm³/mol. The van der Waals surface area contributed by atoms with Crippen LogP contribution in [-0.4, -0.2) is 34.3 Å². The molecule has 1 atom stereocenters. The van der Waals surface area contributed by atoms with Crippen molar-refractivity contribution in [3.8, 4) is 0 Å². The predicted octanol–water partition coefficient (Wildman–Crippen LogP) is 2.29. The number of hydroxylamine groups is 2. The molecule has 0 radical (unpaired) electrons. The molecule has 16 heavy (non-hydrogen) atoms. The van der Waals surface area contributed by atoms with Crippen molar-refractivity contribution in [2.24, 2.45) is 5.92 Å². The highest BCUT2D eigenvalue weighted by molar-refractivity contribution is 5.70. The average molecular weight is 229 g/mol. The van der Waals surface area contributed by atoms with Gasteiger partial charge in [-0.25, -0.2) is 0 Å². The normalized spacial score (nSPS) is 29.7. The Kier molecular flexibility index (Phi) is 3.65. The lowest BCUT2D eigenvalue weighted by Gasteiger charge is -2.44. The Balaban J connectivity index is 2.99. The molecule has 1 fully saturated rings. The minimum atomic E-state index is -0.693. The van der Waals surface area contributed by atoms with Crippen LogP contribution in [0.5, 0.6) is 0 Å². The zero-order valence-corrected chi connectivity index (χ0v) is 10.9. The first kappa shape index (κ1) is 13.5. The van der Waals surface area contributed by atoms with Crippen LogP contribution in [0.2, 0.25) is 0 Å². The summed E-state index contributed by atoms with van der Waals surface area (Å²) in [6.07, 6.45) is 2.17. The van der Waals surface area contributed by atoms with E-state index < -0.39 is 5.97 Å². The molecule has 1 rings (SSSR count). The molecule has 4 nitrogen and oxygen atoms in total. The molecule has 0 aromatic rings. The standard InChI is InChI=1S/C12H23NO3/c1-11(2)7-6-9(10(14)15)8-12(3,4)13(11)16-5/h9H,6-8H2,1-5H3,(H,14,15). The third kappa shape index (κ3) is 2.55. The van der Waals surface area contributed by atoms with E-state index in [-0.39, 0.29) is 17.0 Å². The lowest BCUT2D eigenvalue weighted by molar-refractivity contribution is -0.246. The third-order valence-electron chi connectivity index (χ3n) is 3.48. The van der Waals surface area contributed by atoms with Gasteiger partial charge in [0, 0.05) is 11.1 Å². The Morgan fingerprint density at radius 3 is 2.31 bits per heavy atom. The molecule has 4 heteroatoms. The molecule has 1 aliphatic rings. The van der Waals surface area contributed by atoms with Gasteiger partial charge in [0.05, 0.1) is 13.0 Å². The van der Waals surface area contributed by atoms with Crippen molar-refractivity contribution in [3.63, 3.8) is 0 Å². The Bertz CT molecular complexity index is 273. The zero-order chi connectivity index (χ0) is 12.6. The number of nitrogens with zero attached hydrogens (tertiary/aromatic N) is 1.